The Kier molecular flexibility index (Phi) is 24.7. The topological polar surface area (TPSA) is 210 Å². The number of aldehydes is 4. The van der Waals surface area contributed by atoms with Crippen molar-refractivity contribution in [2.24, 2.45) is 11.5 Å². The number of nitrogens with one attached hydrogen (secondary N) is 3. The van der Waals surface area contributed by atoms with Crippen LogP contribution in [-0.2, 0) is 26.3 Å². The smallest absolute Gasteiger partial charge is 0.234 e. The monoisotopic (exact) mass is 774 g/mol. The Hall–Kier alpha value is -6.44. The van der Waals surface area contributed by atoms with Crippen molar-refractivity contribution in [2.45, 2.75) is 30.8 Å². The second-order valence-corrected chi connectivity index (χ2v) is 11.6. The summed E-state index contributed by atoms with van der Waals surface area (Å²) in [7, 11) is 6.26. The number of fused-ring (bicyclic) bond motifs is 1. The molecule has 0 spiro atoms. The molecule has 0 aliphatic carbocycles. The van der Waals surface area contributed by atoms with Gasteiger partial charge in [0.25, 0.3) is 0 Å². The third-order valence-corrected chi connectivity index (χ3v) is 8.25. The molecule has 1 amide bonds. The maximum atomic E-state index is 11.1. The van der Waals surface area contributed by atoms with Crippen LogP contribution in [0.3, 0.4) is 0 Å². The Bertz CT molecular complexity index is 1860. The largest absolute Gasteiger partial charge is 0.400 e. The summed E-state index contributed by atoms with van der Waals surface area (Å²) in [6.07, 6.45) is 7.40. The van der Waals surface area contributed by atoms with E-state index in [0.717, 1.165) is 36.1 Å². The highest BCUT2D eigenvalue weighted by Gasteiger charge is 2.34. The van der Waals surface area contributed by atoms with Gasteiger partial charge in [0, 0.05) is 48.8 Å². The number of carbonyl (C=O) groups is 5. The third kappa shape index (κ3) is 15.3. The maximum absolute atomic E-state index is 11.1. The number of likely N-dealkylation sites (N-methyl/N-ethyl adjacent to an activating group) is 1. The minimum absolute atomic E-state index is 0.320. The molecule has 0 fully saturated rings. The summed E-state index contributed by atoms with van der Waals surface area (Å²) in [6.45, 7) is 0. The van der Waals surface area contributed by atoms with E-state index >= 15 is 0 Å². The van der Waals surface area contributed by atoms with Gasteiger partial charge in [0.15, 0.2) is 12.6 Å². The summed E-state index contributed by atoms with van der Waals surface area (Å²) in [4.78, 5) is 56.9. The number of amides is 1. The van der Waals surface area contributed by atoms with Crippen LogP contribution < -0.4 is 22.1 Å². The number of rotatable bonds is 13. The Morgan fingerprint density at radius 3 is 1.56 bits per heavy atom. The minimum Gasteiger partial charge on any atom is -0.400 e. The lowest BCUT2D eigenvalue weighted by molar-refractivity contribution is -0.119. The molecule has 6 rings (SSSR count). The average Bonchev–Trinajstić information content (AvgIpc) is 3.71. The number of hydrogen-bond donors (Lipinski definition) is 6. The van der Waals surface area contributed by atoms with Gasteiger partial charge in [-0.25, -0.2) is 0 Å². The number of aliphatic hydroxyl groups excluding tert-OH is 1. The van der Waals surface area contributed by atoms with Crippen LogP contribution in [0.15, 0.2) is 140 Å². The zero-order valence-electron chi connectivity index (χ0n) is 32.9. The van der Waals surface area contributed by atoms with Crippen molar-refractivity contribution in [3.05, 3.63) is 173 Å². The van der Waals surface area contributed by atoms with Crippen LogP contribution in [0.25, 0.3) is 10.9 Å². The molecule has 1 atom stereocenters. The second-order valence-electron chi connectivity index (χ2n) is 11.6. The third-order valence-electron chi connectivity index (χ3n) is 8.25. The molecule has 4 aromatic carbocycles. The second kappa shape index (κ2) is 28.9. The van der Waals surface area contributed by atoms with Gasteiger partial charge >= 0.3 is 0 Å². The summed E-state index contributed by atoms with van der Waals surface area (Å²) in [5.41, 5.74) is 16.2. The van der Waals surface area contributed by atoms with Gasteiger partial charge < -0.3 is 41.8 Å². The van der Waals surface area contributed by atoms with E-state index in [1.54, 1.807) is 13.1 Å². The number of primary amides is 1. The number of para-hydroxylation sites is 1. The average molecular weight is 775 g/mol. The fraction of sp³-hybridized carbons (Fsp3) is 0.200. The number of nitrogens with zero attached hydrogens (tertiary/aromatic N) is 1. The van der Waals surface area contributed by atoms with Crippen LogP contribution in [0, 0.1) is 0 Å². The minimum atomic E-state index is -0.330. The zero-order valence-corrected chi connectivity index (χ0v) is 32.9. The lowest BCUT2D eigenvalue weighted by Gasteiger charge is -2.35. The summed E-state index contributed by atoms with van der Waals surface area (Å²) in [6, 6.07) is 42.5. The predicted molar refractivity (Wildman–Crippen MR) is 227 cm³/mol. The van der Waals surface area contributed by atoms with Crippen molar-refractivity contribution in [1.29, 1.82) is 0 Å². The van der Waals surface area contributed by atoms with E-state index in [2.05, 4.69) is 117 Å². The highest BCUT2D eigenvalue weighted by atomic mass is 16.2. The van der Waals surface area contributed by atoms with E-state index in [-0.39, 0.29) is 17.5 Å². The van der Waals surface area contributed by atoms with Crippen molar-refractivity contribution >= 4 is 42.0 Å². The van der Waals surface area contributed by atoms with Gasteiger partial charge in [-0.3, -0.25) is 19.4 Å². The van der Waals surface area contributed by atoms with E-state index in [4.69, 9.17) is 10.8 Å². The van der Waals surface area contributed by atoms with E-state index in [1.165, 1.54) is 36.0 Å². The number of nitrogens with two attached hydrogens (primary N) is 2. The first-order valence-electron chi connectivity index (χ1n) is 18.0. The molecule has 0 saturated heterocycles. The van der Waals surface area contributed by atoms with Crippen LogP contribution in [0.5, 0.6) is 0 Å². The van der Waals surface area contributed by atoms with Crippen molar-refractivity contribution in [3.8, 4) is 0 Å². The van der Waals surface area contributed by atoms with Gasteiger partial charge in [-0.05, 0) is 68.0 Å². The van der Waals surface area contributed by atoms with Crippen LogP contribution in [0.2, 0.25) is 0 Å². The van der Waals surface area contributed by atoms with Gasteiger partial charge in [-0.1, -0.05) is 109 Å². The van der Waals surface area contributed by atoms with Crippen molar-refractivity contribution in [1.82, 2.24) is 20.6 Å². The quantitative estimate of drug-likeness (QED) is 0.0523. The number of aliphatic hydroxyl groups is 1. The van der Waals surface area contributed by atoms with Gasteiger partial charge in [-0.15, -0.1) is 0 Å². The Labute approximate surface area is 334 Å². The number of H-pyrrole nitrogens is 1. The predicted octanol–water partition coefficient (Wildman–Crippen LogP) is 5.04. The van der Waals surface area contributed by atoms with Crippen molar-refractivity contribution < 1.29 is 29.1 Å². The standard InChI is InChI=1S/C20H19N.C12H15N3O.C7H5NO2.C4H6O2.CH5N.CH4O/c1-21-20(17-11-5-2-6-12-17,18-13-7-3-8-14-18)19-15-9-4-10-16-19;1-14-11(12(13)16)6-8-7-15-10-5-3-2-4-9(8)10;9-4-6-1-2-7(5-10)8-3-6;5-3-1-2-4-6;2*1-2/h2-16,21H,1H3;2-5,7,11,14-15H,6H2,1H3,(H2,13,16);1-5H;3-4H,1-2H2;2H2,1H3;2H,1H3. The SMILES string of the molecule is CN.CNC(Cc1c[nH]c2ccccc12)C(N)=O.CNC(c1ccccc1)(c1ccccc1)c1ccccc1.CO.O=CCCC=O.O=Cc1ccc(C=O)nc1. The van der Waals surface area contributed by atoms with E-state index in [0.29, 0.717) is 43.1 Å². The number of pyridine rings is 1. The number of carbonyl (C=O) groups excluding carboxylic acids is 5. The molecule has 0 saturated carbocycles. The number of aromatic nitrogens is 2. The van der Waals surface area contributed by atoms with Crippen LogP contribution in [-0.4, -0.2) is 80.4 Å². The highest BCUT2D eigenvalue weighted by Crippen LogP contribution is 2.36. The first-order chi connectivity index (χ1) is 27.9. The van der Waals surface area contributed by atoms with Gasteiger partial charge in [-0.2, -0.15) is 0 Å². The molecule has 0 aliphatic heterocycles. The molecule has 0 radical (unpaired) electrons. The molecule has 12 heteroatoms. The molecule has 8 N–H and O–H groups in total. The van der Waals surface area contributed by atoms with E-state index < -0.39 is 0 Å². The molecule has 6 aromatic rings. The van der Waals surface area contributed by atoms with Crippen LogP contribution >= 0.6 is 0 Å². The molecule has 57 heavy (non-hydrogen) atoms. The molecule has 0 bridgehead atoms. The summed E-state index contributed by atoms with van der Waals surface area (Å²) in [5.74, 6) is -0.326. The molecule has 1 unspecified atom stereocenters. The Morgan fingerprint density at radius 1 is 0.719 bits per heavy atom. The number of unbranched alkanes of at least 4 members (excludes halogenated alkanes) is 1. The number of aromatic amines is 1. The molecule has 300 valence electrons. The normalized spacial score (nSPS) is 10.3. The van der Waals surface area contributed by atoms with Gasteiger partial charge in [0.1, 0.15) is 18.3 Å². The van der Waals surface area contributed by atoms with Crippen molar-refractivity contribution in [3.63, 3.8) is 0 Å². The van der Waals surface area contributed by atoms with Gasteiger partial charge in [0.05, 0.1) is 11.6 Å². The molecular formula is C45H54N6O6. The molecule has 2 heterocycles. The zero-order chi connectivity index (χ0) is 42.3. The highest BCUT2D eigenvalue weighted by molar-refractivity contribution is 5.85. The van der Waals surface area contributed by atoms with Crippen LogP contribution in [0.1, 0.15) is 55.9 Å². The Balaban J connectivity index is 0.000000399. The molecule has 12 nitrogen and oxygen atoms in total. The summed E-state index contributed by atoms with van der Waals surface area (Å²) < 4.78 is 0. The van der Waals surface area contributed by atoms with E-state index in [1.807, 2.05) is 37.5 Å². The molecule has 2 aromatic heterocycles. The lowest BCUT2D eigenvalue weighted by atomic mass is 9.77. The lowest BCUT2D eigenvalue weighted by Crippen LogP contribution is -2.42. The number of benzene rings is 4. The maximum Gasteiger partial charge on any atom is 0.234 e. The molecular weight excluding hydrogens is 721 g/mol. The van der Waals surface area contributed by atoms with Gasteiger partial charge in [0.2, 0.25) is 5.91 Å². The fourth-order valence-electron chi connectivity index (χ4n) is 5.56. The van der Waals surface area contributed by atoms with Crippen LogP contribution in [0.4, 0.5) is 0 Å². The van der Waals surface area contributed by atoms with E-state index in [9.17, 15) is 24.0 Å². The molecule has 0 aliphatic rings. The van der Waals surface area contributed by atoms with Crippen molar-refractivity contribution in [2.75, 3.05) is 28.3 Å². The summed E-state index contributed by atoms with van der Waals surface area (Å²) in [5, 5.41) is 14.6. The Morgan fingerprint density at radius 2 is 1.19 bits per heavy atom. The fourth-order valence-corrected chi connectivity index (χ4v) is 5.56. The number of hydrogen-bond acceptors (Lipinski definition) is 10. The summed E-state index contributed by atoms with van der Waals surface area (Å²) >= 11 is 0. The first-order valence-corrected chi connectivity index (χ1v) is 18.0. The first kappa shape index (κ1) is 48.6.